The monoisotopic (exact) mass is 221 g/mol. The molecule has 0 aliphatic carbocycles. The molecule has 16 heavy (non-hydrogen) atoms. The summed E-state index contributed by atoms with van der Waals surface area (Å²) in [6, 6.07) is 0.511. The molecule has 0 bridgehead atoms. The molecule has 0 aliphatic heterocycles. The second-order valence-corrected chi connectivity index (χ2v) is 5.03. The normalized spacial score (nSPS) is 13.8. The van der Waals surface area contributed by atoms with Gasteiger partial charge in [-0.15, -0.1) is 0 Å². The standard InChI is InChI=1S/C13H23N3/c1-5-6-15-11(2)9-13(3,4)12-10-14-7-8-16-12/h7-8,10-11,15H,5-6,9H2,1-4H3. The molecule has 3 heteroatoms. The Bertz CT molecular complexity index is 295. The number of nitrogens with one attached hydrogen (secondary N) is 1. The molecule has 1 aromatic rings. The molecular weight excluding hydrogens is 198 g/mol. The highest BCUT2D eigenvalue weighted by molar-refractivity contribution is 5.10. The summed E-state index contributed by atoms with van der Waals surface area (Å²) in [6.45, 7) is 9.95. The highest BCUT2D eigenvalue weighted by Crippen LogP contribution is 2.25. The van der Waals surface area contributed by atoms with Gasteiger partial charge >= 0.3 is 0 Å². The summed E-state index contributed by atoms with van der Waals surface area (Å²) in [5, 5.41) is 3.51. The minimum atomic E-state index is 0.0778. The first-order chi connectivity index (χ1) is 7.56. The minimum absolute atomic E-state index is 0.0778. The first kappa shape index (κ1) is 13.1. The first-order valence-electron chi connectivity index (χ1n) is 6.06. The predicted octanol–water partition coefficient (Wildman–Crippen LogP) is 2.53. The maximum atomic E-state index is 4.39. The Balaban J connectivity index is 2.58. The van der Waals surface area contributed by atoms with Gasteiger partial charge in [0.2, 0.25) is 0 Å². The van der Waals surface area contributed by atoms with Gasteiger partial charge in [0.1, 0.15) is 0 Å². The molecule has 1 rings (SSSR count). The zero-order chi connectivity index (χ0) is 12.0. The van der Waals surface area contributed by atoms with Crippen LogP contribution in [0.2, 0.25) is 0 Å². The van der Waals surface area contributed by atoms with Crippen LogP contribution in [0.25, 0.3) is 0 Å². The molecule has 90 valence electrons. The van der Waals surface area contributed by atoms with Crippen LogP contribution < -0.4 is 5.32 Å². The van der Waals surface area contributed by atoms with Gasteiger partial charge in [0.05, 0.1) is 5.69 Å². The zero-order valence-corrected chi connectivity index (χ0v) is 10.8. The number of rotatable bonds is 6. The second-order valence-electron chi connectivity index (χ2n) is 5.03. The van der Waals surface area contributed by atoms with Crippen molar-refractivity contribution in [2.75, 3.05) is 6.54 Å². The van der Waals surface area contributed by atoms with E-state index in [-0.39, 0.29) is 5.41 Å². The third-order valence-electron chi connectivity index (χ3n) is 2.82. The molecular formula is C13H23N3. The lowest BCUT2D eigenvalue weighted by Gasteiger charge is -2.27. The summed E-state index contributed by atoms with van der Waals surface area (Å²) in [5.41, 5.74) is 1.15. The van der Waals surface area contributed by atoms with E-state index < -0.39 is 0 Å². The average Bonchev–Trinajstić information content (AvgIpc) is 2.27. The van der Waals surface area contributed by atoms with Gasteiger partial charge in [-0.2, -0.15) is 0 Å². The number of nitrogens with zero attached hydrogens (tertiary/aromatic N) is 2. The van der Waals surface area contributed by atoms with Crippen molar-refractivity contribution in [1.29, 1.82) is 0 Å². The molecule has 0 aliphatic rings. The van der Waals surface area contributed by atoms with E-state index in [9.17, 15) is 0 Å². The SMILES string of the molecule is CCCNC(C)CC(C)(C)c1cnccn1. The van der Waals surface area contributed by atoms with Crippen LogP contribution in [0.4, 0.5) is 0 Å². The Hall–Kier alpha value is -0.960. The Labute approximate surface area is 98.7 Å². The molecule has 1 N–H and O–H groups in total. The van der Waals surface area contributed by atoms with Crippen LogP contribution in [0.5, 0.6) is 0 Å². The Morgan fingerprint density at radius 1 is 1.38 bits per heavy atom. The van der Waals surface area contributed by atoms with Gasteiger partial charge in [-0.1, -0.05) is 20.8 Å². The number of aromatic nitrogens is 2. The smallest absolute Gasteiger partial charge is 0.0643 e. The van der Waals surface area contributed by atoms with Crippen LogP contribution in [0.1, 0.15) is 46.2 Å². The first-order valence-corrected chi connectivity index (χ1v) is 6.06. The van der Waals surface area contributed by atoms with Gasteiger partial charge < -0.3 is 5.32 Å². The molecule has 1 atom stereocenters. The van der Waals surface area contributed by atoms with Gasteiger partial charge in [-0.05, 0) is 26.3 Å². The van der Waals surface area contributed by atoms with Crippen molar-refractivity contribution in [3.8, 4) is 0 Å². The highest BCUT2D eigenvalue weighted by atomic mass is 14.9. The minimum Gasteiger partial charge on any atom is -0.314 e. The van der Waals surface area contributed by atoms with E-state index >= 15 is 0 Å². The van der Waals surface area contributed by atoms with Crippen molar-refractivity contribution >= 4 is 0 Å². The third-order valence-corrected chi connectivity index (χ3v) is 2.82. The fraction of sp³-hybridized carbons (Fsp3) is 0.692. The second kappa shape index (κ2) is 5.94. The summed E-state index contributed by atoms with van der Waals surface area (Å²) in [7, 11) is 0. The lowest BCUT2D eigenvalue weighted by Crippen LogP contribution is -2.34. The van der Waals surface area contributed by atoms with E-state index in [0.29, 0.717) is 6.04 Å². The molecule has 0 spiro atoms. The average molecular weight is 221 g/mol. The molecule has 0 radical (unpaired) electrons. The molecule has 0 fully saturated rings. The van der Waals surface area contributed by atoms with E-state index in [4.69, 9.17) is 0 Å². The van der Waals surface area contributed by atoms with E-state index in [1.54, 1.807) is 12.4 Å². The van der Waals surface area contributed by atoms with E-state index in [1.807, 2.05) is 6.20 Å². The van der Waals surface area contributed by atoms with Crippen molar-refractivity contribution in [2.24, 2.45) is 0 Å². The van der Waals surface area contributed by atoms with Crippen LogP contribution in [0.15, 0.2) is 18.6 Å². The maximum absolute atomic E-state index is 4.39. The van der Waals surface area contributed by atoms with Crippen LogP contribution in [0, 0.1) is 0 Å². The largest absolute Gasteiger partial charge is 0.314 e. The van der Waals surface area contributed by atoms with Crippen LogP contribution in [-0.4, -0.2) is 22.6 Å². The van der Waals surface area contributed by atoms with Crippen molar-refractivity contribution < 1.29 is 0 Å². The summed E-state index contributed by atoms with van der Waals surface area (Å²) in [5.74, 6) is 0. The molecule has 0 saturated carbocycles. The predicted molar refractivity (Wildman–Crippen MR) is 67.4 cm³/mol. The number of hydrogen-bond acceptors (Lipinski definition) is 3. The summed E-state index contributed by atoms with van der Waals surface area (Å²) in [6.07, 6.45) is 7.60. The number of hydrogen-bond donors (Lipinski definition) is 1. The van der Waals surface area contributed by atoms with Gasteiger partial charge in [0, 0.05) is 30.0 Å². The van der Waals surface area contributed by atoms with Gasteiger partial charge in [0.15, 0.2) is 0 Å². The van der Waals surface area contributed by atoms with E-state index in [0.717, 1.165) is 18.7 Å². The van der Waals surface area contributed by atoms with Gasteiger partial charge in [-0.25, -0.2) is 0 Å². The molecule has 1 heterocycles. The lowest BCUT2D eigenvalue weighted by atomic mass is 9.83. The van der Waals surface area contributed by atoms with Crippen molar-refractivity contribution in [3.63, 3.8) is 0 Å². The van der Waals surface area contributed by atoms with E-state index in [2.05, 4.69) is 43.0 Å². The van der Waals surface area contributed by atoms with Crippen molar-refractivity contribution in [2.45, 2.75) is 52.0 Å². The molecule has 3 nitrogen and oxygen atoms in total. The van der Waals surface area contributed by atoms with Crippen LogP contribution in [0.3, 0.4) is 0 Å². The molecule has 0 aromatic carbocycles. The third kappa shape index (κ3) is 3.89. The Kier molecular flexibility index (Phi) is 4.87. The van der Waals surface area contributed by atoms with Crippen LogP contribution >= 0.6 is 0 Å². The lowest BCUT2D eigenvalue weighted by molar-refractivity contribution is 0.381. The molecule has 1 unspecified atom stereocenters. The van der Waals surface area contributed by atoms with Crippen LogP contribution in [-0.2, 0) is 5.41 Å². The highest BCUT2D eigenvalue weighted by Gasteiger charge is 2.24. The quantitative estimate of drug-likeness (QED) is 0.802. The van der Waals surface area contributed by atoms with Crippen molar-refractivity contribution in [3.05, 3.63) is 24.3 Å². The molecule has 0 saturated heterocycles. The molecule has 0 amide bonds. The fourth-order valence-corrected chi connectivity index (χ4v) is 1.98. The Morgan fingerprint density at radius 2 is 2.12 bits per heavy atom. The zero-order valence-electron chi connectivity index (χ0n) is 10.8. The van der Waals surface area contributed by atoms with Gasteiger partial charge in [0.25, 0.3) is 0 Å². The topological polar surface area (TPSA) is 37.8 Å². The summed E-state index contributed by atoms with van der Waals surface area (Å²) < 4.78 is 0. The van der Waals surface area contributed by atoms with E-state index in [1.165, 1.54) is 6.42 Å². The maximum Gasteiger partial charge on any atom is 0.0643 e. The van der Waals surface area contributed by atoms with Crippen molar-refractivity contribution in [1.82, 2.24) is 15.3 Å². The molecule has 1 aromatic heterocycles. The fourth-order valence-electron chi connectivity index (χ4n) is 1.98. The summed E-state index contributed by atoms with van der Waals surface area (Å²) >= 11 is 0. The summed E-state index contributed by atoms with van der Waals surface area (Å²) in [4.78, 5) is 8.53. The Morgan fingerprint density at radius 3 is 2.69 bits per heavy atom. The van der Waals surface area contributed by atoms with Gasteiger partial charge in [-0.3, -0.25) is 9.97 Å².